The summed E-state index contributed by atoms with van der Waals surface area (Å²) in [5.41, 5.74) is 0. The molecule has 2 nitrogen and oxygen atoms in total. The maximum absolute atomic E-state index is 9.07. The SMILES string of the molecule is CC=CN=O. The topological polar surface area (TPSA) is 29.4 Å². The molecule has 0 radical (unpaired) electrons. The molecule has 0 atom stereocenters. The van der Waals surface area contributed by atoms with Crippen LogP contribution >= 0.6 is 0 Å². The Labute approximate surface area is 30.5 Å². The monoisotopic (exact) mass is 71.0 g/mol. The first-order valence-corrected chi connectivity index (χ1v) is 1.35. The van der Waals surface area contributed by atoms with E-state index in [1.807, 2.05) is 0 Å². The first-order chi connectivity index (χ1) is 2.41. The fourth-order valence-corrected chi connectivity index (χ4v) is 0.0609. The molecule has 0 fully saturated rings. The molecule has 0 unspecified atom stereocenters. The van der Waals surface area contributed by atoms with Crippen LogP contribution in [0.1, 0.15) is 6.92 Å². The first kappa shape index (κ1) is 4.34. The Morgan fingerprint density at radius 1 is 1.80 bits per heavy atom. The highest BCUT2D eigenvalue weighted by Gasteiger charge is 1.47. The lowest BCUT2D eigenvalue weighted by Crippen LogP contribution is -1.33. The highest BCUT2D eigenvalue weighted by atomic mass is 16.2. The van der Waals surface area contributed by atoms with Crippen LogP contribution in [0.5, 0.6) is 0 Å². The molecule has 0 aromatic rings. The van der Waals surface area contributed by atoms with Crippen LogP contribution in [0.3, 0.4) is 0 Å². The van der Waals surface area contributed by atoms with Crippen molar-refractivity contribution >= 4 is 0 Å². The molecule has 0 aromatic heterocycles. The Balaban J connectivity index is 2.92. The average Bonchev–Trinajstić information content (AvgIpc) is 1.41. The van der Waals surface area contributed by atoms with Gasteiger partial charge in [-0.2, -0.15) is 0 Å². The molecule has 0 heterocycles. The molecule has 0 aliphatic heterocycles. The van der Waals surface area contributed by atoms with Crippen molar-refractivity contribution in [2.75, 3.05) is 0 Å². The fourth-order valence-electron chi connectivity index (χ4n) is 0.0609. The smallest absolute Gasteiger partial charge is 0.0672 e. The minimum Gasteiger partial charge on any atom is -0.145 e. The van der Waals surface area contributed by atoms with Gasteiger partial charge >= 0.3 is 0 Å². The third-order valence-electron chi connectivity index (χ3n) is 0.210. The number of hydrogen-bond acceptors (Lipinski definition) is 2. The van der Waals surface area contributed by atoms with Crippen LogP contribution in [0.4, 0.5) is 0 Å². The highest BCUT2D eigenvalue weighted by Crippen LogP contribution is 1.64. The summed E-state index contributed by atoms with van der Waals surface area (Å²) in [5.74, 6) is 0. The van der Waals surface area contributed by atoms with E-state index in [-0.39, 0.29) is 0 Å². The molecule has 2 heteroatoms. The Morgan fingerprint density at radius 3 is 2.40 bits per heavy atom. The maximum Gasteiger partial charge on any atom is 0.0672 e. The number of hydrogen-bond donors (Lipinski definition) is 0. The Bertz CT molecular complexity index is 48.9. The summed E-state index contributed by atoms with van der Waals surface area (Å²) in [5, 5.41) is 2.42. The van der Waals surface area contributed by atoms with Gasteiger partial charge in [-0.1, -0.05) is 6.08 Å². The van der Waals surface area contributed by atoms with E-state index in [0.29, 0.717) is 0 Å². The Hall–Kier alpha value is -0.660. The highest BCUT2D eigenvalue weighted by molar-refractivity contribution is 4.71. The summed E-state index contributed by atoms with van der Waals surface area (Å²) < 4.78 is 0. The Kier molecular flexibility index (Phi) is 2.90. The molecule has 0 amide bonds. The van der Waals surface area contributed by atoms with Gasteiger partial charge < -0.3 is 0 Å². The van der Waals surface area contributed by atoms with Crippen LogP contribution in [0, 0.1) is 4.91 Å². The van der Waals surface area contributed by atoms with Gasteiger partial charge in [0.05, 0.1) is 6.20 Å². The van der Waals surface area contributed by atoms with Crippen LogP contribution < -0.4 is 0 Å². The van der Waals surface area contributed by atoms with Crippen LogP contribution in [0.2, 0.25) is 0 Å². The summed E-state index contributed by atoms with van der Waals surface area (Å²) in [6.45, 7) is 1.74. The van der Waals surface area contributed by atoms with Gasteiger partial charge in [0.25, 0.3) is 0 Å². The summed E-state index contributed by atoms with van der Waals surface area (Å²) >= 11 is 0. The lowest BCUT2D eigenvalue weighted by Gasteiger charge is -1.50. The minimum absolute atomic E-state index is 1.19. The number of rotatable bonds is 1. The second-order valence-corrected chi connectivity index (χ2v) is 0.588. The van der Waals surface area contributed by atoms with Gasteiger partial charge in [0.1, 0.15) is 0 Å². The second-order valence-electron chi connectivity index (χ2n) is 0.588. The van der Waals surface area contributed by atoms with Crippen LogP contribution in [0.15, 0.2) is 17.5 Å². The third kappa shape index (κ3) is 3.34. The summed E-state index contributed by atoms with van der Waals surface area (Å²) in [7, 11) is 0. The zero-order valence-corrected chi connectivity index (χ0v) is 3.01. The summed E-state index contributed by atoms with van der Waals surface area (Å²) in [6.07, 6.45) is 2.77. The maximum atomic E-state index is 9.07. The van der Waals surface area contributed by atoms with Gasteiger partial charge in [0.2, 0.25) is 0 Å². The lowest BCUT2D eigenvalue weighted by atomic mass is 10.7. The Morgan fingerprint density at radius 2 is 2.40 bits per heavy atom. The molecule has 0 aliphatic carbocycles. The standard InChI is InChI=1S/C3H5NO/c1-2-3-4-5/h2-3H,1H3. The fraction of sp³-hybridized carbons (Fsp3) is 0.333. The van der Waals surface area contributed by atoms with Crippen molar-refractivity contribution in [1.29, 1.82) is 0 Å². The van der Waals surface area contributed by atoms with E-state index in [1.165, 1.54) is 6.20 Å². The van der Waals surface area contributed by atoms with Gasteiger partial charge in [-0.15, -0.1) is 4.91 Å². The zero-order chi connectivity index (χ0) is 4.12. The number of allylic oxidation sites excluding steroid dienone is 1. The zero-order valence-electron chi connectivity index (χ0n) is 3.01. The van der Waals surface area contributed by atoms with Crippen molar-refractivity contribution in [3.05, 3.63) is 17.2 Å². The largest absolute Gasteiger partial charge is 0.145 e. The van der Waals surface area contributed by atoms with E-state index < -0.39 is 0 Å². The molecular weight excluding hydrogens is 66.0 g/mol. The first-order valence-electron chi connectivity index (χ1n) is 1.35. The van der Waals surface area contributed by atoms with Crippen molar-refractivity contribution in [3.8, 4) is 0 Å². The number of nitroso groups, excluding NO2 is 1. The lowest BCUT2D eigenvalue weighted by molar-refractivity contribution is 1.50. The average molecular weight is 71.1 g/mol. The quantitative estimate of drug-likeness (QED) is 0.428. The molecule has 0 N–H and O–H groups in total. The number of nitrogens with zero attached hydrogens (tertiary/aromatic N) is 1. The second kappa shape index (κ2) is 3.34. The van der Waals surface area contributed by atoms with Gasteiger partial charge in [0, 0.05) is 0 Å². The van der Waals surface area contributed by atoms with Gasteiger partial charge in [0.15, 0.2) is 0 Å². The van der Waals surface area contributed by atoms with E-state index in [9.17, 15) is 0 Å². The molecule has 0 aliphatic rings. The van der Waals surface area contributed by atoms with E-state index in [2.05, 4.69) is 5.18 Å². The molecule has 0 spiro atoms. The molecule has 0 aromatic carbocycles. The van der Waals surface area contributed by atoms with E-state index in [1.54, 1.807) is 13.0 Å². The van der Waals surface area contributed by atoms with Crippen LogP contribution in [-0.4, -0.2) is 0 Å². The van der Waals surface area contributed by atoms with E-state index >= 15 is 0 Å². The predicted molar refractivity (Wildman–Crippen MR) is 20.6 cm³/mol. The molecular formula is C3H5NO. The molecule has 0 saturated heterocycles. The van der Waals surface area contributed by atoms with E-state index in [0.717, 1.165) is 0 Å². The molecule has 0 rings (SSSR count). The third-order valence-corrected chi connectivity index (χ3v) is 0.210. The molecule has 28 valence electrons. The minimum atomic E-state index is 1.19. The molecule has 0 saturated carbocycles. The molecule has 5 heavy (non-hydrogen) atoms. The van der Waals surface area contributed by atoms with Gasteiger partial charge in [-0.05, 0) is 12.1 Å². The van der Waals surface area contributed by atoms with Crippen molar-refractivity contribution in [3.63, 3.8) is 0 Å². The van der Waals surface area contributed by atoms with Crippen molar-refractivity contribution in [2.45, 2.75) is 6.92 Å². The van der Waals surface area contributed by atoms with Gasteiger partial charge in [-0.3, -0.25) is 0 Å². The van der Waals surface area contributed by atoms with Crippen molar-refractivity contribution < 1.29 is 0 Å². The van der Waals surface area contributed by atoms with Crippen LogP contribution in [-0.2, 0) is 0 Å². The molecule has 0 bridgehead atoms. The normalized spacial score (nSPS) is 9.00. The van der Waals surface area contributed by atoms with Crippen molar-refractivity contribution in [2.24, 2.45) is 5.18 Å². The summed E-state index contributed by atoms with van der Waals surface area (Å²) in [4.78, 5) is 9.07. The van der Waals surface area contributed by atoms with E-state index in [4.69, 9.17) is 4.91 Å². The predicted octanol–water partition coefficient (Wildman–Crippen LogP) is 1.29. The van der Waals surface area contributed by atoms with Crippen LogP contribution in [0.25, 0.3) is 0 Å². The van der Waals surface area contributed by atoms with Gasteiger partial charge in [-0.25, -0.2) is 0 Å². The summed E-state index contributed by atoms with van der Waals surface area (Å²) in [6, 6.07) is 0. The van der Waals surface area contributed by atoms with Crippen molar-refractivity contribution in [1.82, 2.24) is 0 Å².